The molecule has 5 nitrogen and oxygen atoms in total. The second kappa shape index (κ2) is 5.83. The van der Waals surface area contributed by atoms with Crippen molar-refractivity contribution in [1.82, 2.24) is 14.9 Å². The van der Waals surface area contributed by atoms with Gasteiger partial charge in [-0.1, -0.05) is 0 Å². The molecule has 2 rings (SSSR count). The van der Waals surface area contributed by atoms with Gasteiger partial charge >= 0.3 is 120 Å². The van der Waals surface area contributed by atoms with Gasteiger partial charge in [-0.3, -0.25) is 0 Å². The second-order valence-electron chi connectivity index (χ2n) is 6.36. The van der Waals surface area contributed by atoms with Crippen molar-refractivity contribution < 1.29 is 0 Å². The molecule has 0 saturated carbocycles. The van der Waals surface area contributed by atoms with Gasteiger partial charge in [-0.2, -0.15) is 0 Å². The van der Waals surface area contributed by atoms with Crippen LogP contribution in [0.3, 0.4) is 0 Å². The van der Waals surface area contributed by atoms with Crippen LogP contribution in [0.4, 0.5) is 11.6 Å². The molecular formula is C13H25N5Sn. The molecule has 2 heterocycles. The molecular weight excluding hydrogens is 345 g/mol. The van der Waals surface area contributed by atoms with E-state index in [0.29, 0.717) is 5.82 Å². The van der Waals surface area contributed by atoms with E-state index in [4.69, 9.17) is 10.7 Å². The van der Waals surface area contributed by atoms with Crippen molar-refractivity contribution in [2.24, 2.45) is 0 Å². The fourth-order valence-electron chi connectivity index (χ4n) is 2.24. The van der Waals surface area contributed by atoms with E-state index in [2.05, 4.69) is 36.7 Å². The Morgan fingerprint density at radius 1 is 1.16 bits per heavy atom. The van der Waals surface area contributed by atoms with Gasteiger partial charge in [0, 0.05) is 0 Å². The number of hydrogen-bond donors (Lipinski definition) is 1. The average molecular weight is 370 g/mol. The molecule has 0 spiro atoms. The summed E-state index contributed by atoms with van der Waals surface area (Å²) in [7, 11) is 2.17. The molecule has 0 atom stereocenters. The molecule has 1 aliphatic rings. The van der Waals surface area contributed by atoms with E-state index in [-0.39, 0.29) is 0 Å². The van der Waals surface area contributed by atoms with Crippen LogP contribution >= 0.6 is 0 Å². The molecule has 19 heavy (non-hydrogen) atoms. The Balaban J connectivity index is 2.27. The number of likely N-dealkylation sites (N-methyl/N-ethyl adjacent to an activating group) is 1. The fraction of sp³-hybridized carbons (Fsp3) is 0.692. The van der Waals surface area contributed by atoms with Gasteiger partial charge in [0.2, 0.25) is 0 Å². The zero-order valence-electron chi connectivity index (χ0n) is 12.5. The molecule has 1 aromatic heterocycles. The molecule has 6 heteroatoms. The van der Waals surface area contributed by atoms with Gasteiger partial charge in [0.25, 0.3) is 0 Å². The molecule has 0 bridgehead atoms. The van der Waals surface area contributed by atoms with Crippen molar-refractivity contribution in [3.8, 4) is 0 Å². The van der Waals surface area contributed by atoms with Crippen LogP contribution in [0.25, 0.3) is 0 Å². The summed E-state index contributed by atoms with van der Waals surface area (Å²) < 4.78 is 1.20. The Hall–Kier alpha value is -0.561. The summed E-state index contributed by atoms with van der Waals surface area (Å²) >= 11 is -2.18. The average Bonchev–Trinajstić information content (AvgIpc) is 2.53. The van der Waals surface area contributed by atoms with Crippen LogP contribution < -0.4 is 14.3 Å². The van der Waals surface area contributed by atoms with Gasteiger partial charge < -0.3 is 0 Å². The van der Waals surface area contributed by atoms with Crippen molar-refractivity contribution in [1.29, 1.82) is 0 Å². The van der Waals surface area contributed by atoms with E-state index in [9.17, 15) is 0 Å². The first-order valence-corrected chi connectivity index (χ1v) is 16.9. The summed E-state index contributed by atoms with van der Waals surface area (Å²) in [6.07, 6.45) is 3.04. The van der Waals surface area contributed by atoms with Gasteiger partial charge in [0.05, 0.1) is 0 Å². The zero-order chi connectivity index (χ0) is 14.0. The van der Waals surface area contributed by atoms with Crippen LogP contribution in [0, 0.1) is 0 Å². The van der Waals surface area contributed by atoms with E-state index < -0.39 is 18.4 Å². The van der Waals surface area contributed by atoms with Crippen LogP contribution in [0.1, 0.15) is 6.42 Å². The van der Waals surface area contributed by atoms with E-state index in [1.165, 1.54) is 3.71 Å². The van der Waals surface area contributed by atoms with E-state index in [1.54, 1.807) is 0 Å². The van der Waals surface area contributed by atoms with Gasteiger partial charge in [0.15, 0.2) is 0 Å². The Bertz CT molecular complexity index is 443. The number of nitrogens with two attached hydrogens (primary N) is 1. The van der Waals surface area contributed by atoms with Gasteiger partial charge in [-0.05, 0) is 0 Å². The first-order chi connectivity index (χ1) is 8.88. The third-order valence-corrected chi connectivity index (χ3v) is 8.64. The number of nitrogen functional groups attached to an aromatic ring is 1. The third kappa shape index (κ3) is 3.72. The second-order valence-corrected chi connectivity index (χ2v) is 20.7. The van der Waals surface area contributed by atoms with E-state index in [0.717, 1.165) is 38.4 Å². The summed E-state index contributed by atoms with van der Waals surface area (Å²) in [5.74, 6) is 1.48. The monoisotopic (exact) mass is 371 g/mol. The molecule has 2 N–H and O–H groups in total. The first-order valence-electron chi connectivity index (χ1n) is 6.94. The summed E-state index contributed by atoms with van der Waals surface area (Å²) in [6, 6.07) is 0. The number of nitrogens with zero attached hydrogens (tertiary/aromatic N) is 4. The zero-order valence-corrected chi connectivity index (χ0v) is 15.3. The van der Waals surface area contributed by atoms with E-state index in [1.807, 2.05) is 6.20 Å². The molecule has 0 radical (unpaired) electrons. The van der Waals surface area contributed by atoms with E-state index >= 15 is 0 Å². The predicted octanol–water partition coefficient (Wildman–Crippen LogP) is 0.746. The number of aromatic nitrogens is 2. The van der Waals surface area contributed by atoms with Crippen molar-refractivity contribution >= 4 is 33.7 Å². The molecule has 1 fully saturated rings. The quantitative estimate of drug-likeness (QED) is 0.779. The normalized spacial score (nSPS) is 18.4. The molecule has 106 valence electrons. The van der Waals surface area contributed by atoms with Crippen molar-refractivity contribution in [3.63, 3.8) is 0 Å². The first kappa shape index (κ1) is 14.8. The summed E-state index contributed by atoms with van der Waals surface area (Å²) in [5.41, 5.74) is 6.04. The molecule has 0 aliphatic carbocycles. The Kier molecular flexibility index (Phi) is 4.55. The van der Waals surface area contributed by atoms with Gasteiger partial charge in [-0.15, -0.1) is 0 Å². The van der Waals surface area contributed by atoms with Crippen LogP contribution in [0.15, 0.2) is 6.20 Å². The van der Waals surface area contributed by atoms with Crippen LogP contribution in [-0.2, 0) is 0 Å². The molecule has 1 aliphatic heterocycles. The van der Waals surface area contributed by atoms with Gasteiger partial charge in [-0.25, -0.2) is 0 Å². The fourth-order valence-corrected chi connectivity index (χ4v) is 4.79. The molecule has 0 amide bonds. The summed E-state index contributed by atoms with van der Waals surface area (Å²) in [4.78, 5) is 21.0. The maximum absolute atomic E-state index is 6.04. The summed E-state index contributed by atoms with van der Waals surface area (Å²) in [5, 5.41) is 0. The number of rotatable bonds is 2. The SMILES string of the molecule is CN1CCCN(c2n[c]([Sn]([CH3])([CH3])[CH3])cnc2N)CC1. The Labute approximate surface area is 120 Å². The van der Waals surface area contributed by atoms with Crippen molar-refractivity contribution in [2.75, 3.05) is 43.9 Å². The predicted molar refractivity (Wildman–Crippen MR) is 83.8 cm³/mol. The minimum atomic E-state index is -2.18. The molecule has 1 aromatic rings. The topological polar surface area (TPSA) is 58.3 Å². The maximum atomic E-state index is 6.04. The van der Waals surface area contributed by atoms with Crippen molar-refractivity contribution in [3.05, 3.63) is 6.20 Å². The Morgan fingerprint density at radius 3 is 2.58 bits per heavy atom. The Morgan fingerprint density at radius 2 is 1.89 bits per heavy atom. The standard InChI is InChI=1S/C10H16N5.3CH3.Sn/c1-14-5-2-6-15(8-7-14)10-9(11)12-3-4-13-10;;;;/h3H,2,5-8H2,1H3,(H2,11,12);3*1H3;. The van der Waals surface area contributed by atoms with Crippen LogP contribution in [0.2, 0.25) is 14.8 Å². The van der Waals surface area contributed by atoms with Crippen LogP contribution in [-0.4, -0.2) is 66.5 Å². The third-order valence-electron chi connectivity index (χ3n) is 3.57. The molecule has 0 unspecified atom stereocenters. The minimum absolute atomic E-state index is 0.573. The van der Waals surface area contributed by atoms with Crippen LogP contribution in [0.5, 0.6) is 0 Å². The molecule has 0 aromatic carbocycles. The number of hydrogen-bond acceptors (Lipinski definition) is 5. The van der Waals surface area contributed by atoms with Crippen molar-refractivity contribution in [2.45, 2.75) is 21.2 Å². The number of anilines is 2. The molecule has 1 saturated heterocycles. The van der Waals surface area contributed by atoms with Gasteiger partial charge in [0.1, 0.15) is 0 Å². The summed E-state index contributed by atoms with van der Waals surface area (Å²) in [6.45, 7) is 4.21.